The average molecular weight is 285 g/mol. The van der Waals surface area contributed by atoms with Crippen LogP contribution < -0.4 is 5.56 Å². The van der Waals surface area contributed by atoms with Crippen LogP contribution in [0.15, 0.2) is 35.3 Å². The Morgan fingerprint density at radius 3 is 2.33 bits per heavy atom. The maximum absolute atomic E-state index is 13.0. The van der Waals surface area contributed by atoms with Crippen LogP contribution in [0.25, 0.3) is 10.8 Å². The summed E-state index contributed by atoms with van der Waals surface area (Å²) in [7, 11) is 0. The number of fused-ring (bicyclic) bond motifs is 1. The Morgan fingerprint density at radius 1 is 1.14 bits per heavy atom. The van der Waals surface area contributed by atoms with Crippen LogP contribution in [-0.2, 0) is 5.54 Å². The highest BCUT2D eigenvalue weighted by Gasteiger charge is 2.21. The molecule has 0 amide bonds. The average Bonchev–Trinajstić information content (AvgIpc) is 2.38. The molecule has 0 aliphatic heterocycles. The van der Waals surface area contributed by atoms with Gasteiger partial charge in [0.1, 0.15) is 0 Å². The first-order chi connectivity index (χ1) is 9.77. The zero-order chi connectivity index (χ0) is 15.8. The minimum Gasteiger partial charge on any atom is -0.310 e. The maximum atomic E-state index is 13.0. The largest absolute Gasteiger partial charge is 0.310 e. The lowest BCUT2D eigenvalue weighted by molar-refractivity contribution is 0.386. The Morgan fingerprint density at radius 2 is 1.81 bits per heavy atom. The van der Waals surface area contributed by atoms with Gasteiger partial charge in [-0.1, -0.05) is 39.0 Å². The molecule has 114 valence electrons. The fourth-order valence-electron chi connectivity index (χ4n) is 3.21. The lowest BCUT2D eigenvalue weighted by Crippen LogP contribution is -2.33. The van der Waals surface area contributed by atoms with E-state index in [-0.39, 0.29) is 11.1 Å². The van der Waals surface area contributed by atoms with Gasteiger partial charge in [-0.25, -0.2) is 0 Å². The molecule has 2 nitrogen and oxygen atoms in total. The van der Waals surface area contributed by atoms with Crippen molar-refractivity contribution >= 4 is 10.8 Å². The molecule has 0 aliphatic carbocycles. The standard InChI is InChI=1S/C19H27NO/c1-7-15(13(2)3)16-10-8-9-14-11-12-20(19(4,5)6)18(21)17(14)16/h8-13,15H,7H2,1-6H3. The van der Waals surface area contributed by atoms with Gasteiger partial charge in [0.2, 0.25) is 0 Å². The summed E-state index contributed by atoms with van der Waals surface area (Å²) in [5.41, 5.74) is 1.14. The van der Waals surface area contributed by atoms with Gasteiger partial charge in [0.05, 0.1) is 5.39 Å². The third kappa shape index (κ3) is 2.90. The molecule has 0 spiro atoms. The van der Waals surface area contributed by atoms with E-state index in [0.29, 0.717) is 11.8 Å². The van der Waals surface area contributed by atoms with E-state index in [0.717, 1.165) is 17.2 Å². The summed E-state index contributed by atoms with van der Waals surface area (Å²) in [5, 5.41) is 1.95. The van der Waals surface area contributed by atoms with Crippen molar-refractivity contribution in [2.75, 3.05) is 0 Å². The van der Waals surface area contributed by atoms with Crippen LogP contribution in [-0.4, -0.2) is 4.57 Å². The summed E-state index contributed by atoms with van der Waals surface area (Å²) < 4.78 is 1.85. The van der Waals surface area contributed by atoms with Crippen molar-refractivity contribution in [2.45, 2.75) is 59.4 Å². The zero-order valence-electron chi connectivity index (χ0n) is 14.1. The van der Waals surface area contributed by atoms with E-state index in [2.05, 4.69) is 59.7 Å². The second-order valence-corrected chi connectivity index (χ2v) is 7.23. The number of rotatable bonds is 3. The highest BCUT2D eigenvalue weighted by molar-refractivity contribution is 5.85. The van der Waals surface area contributed by atoms with Crippen molar-refractivity contribution in [1.82, 2.24) is 4.57 Å². The minimum absolute atomic E-state index is 0.134. The van der Waals surface area contributed by atoms with Gasteiger partial charge in [0.25, 0.3) is 5.56 Å². The summed E-state index contributed by atoms with van der Waals surface area (Å²) in [6.45, 7) is 12.9. The van der Waals surface area contributed by atoms with Gasteiger partial charge in [0.15, 0.2) is 0 Å². The fourth-order valence-corrected chi connectivity index (χ4v) is 3.21. The van der Waals surface area contributed by atoms with E-state index in [1.165, 1.54) is 5.56 Å². The number of aromatic nitrogens is 1. The fraction of sp³-hybridized carbons (Fsp3) is 0.526. The molecule has 2 rings (SSSR count). The topological polar surface area (TPSA) is 22.0 Å². The first kappa shape index (κ1) is 15.8. The first-order valence-electron chi connectivity index (χ1n) is 7.92. The van der Waals surface area contributed by atoms with E-state index in [4.69, 9.17) is 0 Å². The molecule has 0 saturated heterocycles. The zero-order valence-corrected chi connectivity index (χ0v) is 14.1. The number of pyridine rings is 1. The monoisotopic (exact) mass is 285 g/mol. The number of benzene rings is 1. The van der Waals surface area contributed by atoms with E-state index >= 15 is 0 Å². The van der Waals surface area contributed by atoms with Crippen LogP contribution in [0.5, 0.6) is 0 Å². The van der Waals surface area contributed by atoms with Crippen LogP contribution in [0.3, 0.4) is 0 Å². The van der Waals surface area contributed by atoms with Gasteiger partial charge in [-0.3, -0.25) is 4.79 Å². The second kappa shape index (κ2) is 5.67. The third-order valence-corrected chi connectivity index (χ3v) is 4.33. The number of nitrogens with zero attached hydrogens (tertiary/aromatic N) is 1. The molecule has 1 aromatic heterocycles. The normalized spacial score (nSPS) is 13.9. The van der Waals surface area contributed by atoms with Crippen LogP contribution in [0.1, 0.15) is 59.4 Å². The Bertz CT molecular complexity index is 689. The van der Waals surface area contributed by atoms with E-state index in [1.807, 2.05) is 16.8 Å². The quantitative estimate of drug-likeness (QED) is 0.785. The predicted molar refractivity (Wildman–Crippen MR) is 91.1 cm³/mol. The van der Waals surface area contributed by atoms with Crippen molar-refractivity contribution in [2.24, 2.45) is 5.92 Å². The van der Waals surface area contributed by atoms with E-state index < -0.39 is 0 Å². The van der Waals surface area contributed by atoms with Crippen molar-refractivity contribution in [3.05, 3.63) is 46.4 Å². The van der Waals surface area contributed by atoms with E-state index in [9.17, 15) is 4.79 Å². The van der Waals surface area contributed by atoms with E-state index in [1.54, 1.807) is 0 Å². The molecule has 1 unspecified atom stereocenters. The van der Waals surface area contributed by atoms with Crippen molar-refractivity contribution in [3.63, 3.8) is 0 Å². The Balaban J connectivity index is 2.82. The van der Waals surface area contributed by atoms with Crippen molar-refractivity contribution < 1.29 is 0 Å². The van der Waals surface area contributed by atoms with Crippen LogP contribution in [0, 0.1) is 5.92 Å². The van der Waals surface area contributed by atoms with Crippen molar-refractivity contribution in [3.8, 4) is 0 Å². The smallest absolute Gasteiger partial charge is 0.259 e. The molecular weight excluding hydrogens is 258 g/mol. The Kier molecular flexibility index (Phi) is 4.27. The third-order valence-electron chi connectivity index (χ3n) is 4.33. The van der Waals surface area contributed by atoms with Gasteiger partial charge in [0, 0.05) is 11.7 Å². The summed E-state index contributed by atoms with van der Waals surface area (Å²) >= 11 is 0. The second-order valence-electron chi connectivity index (χ2n) is 7.23. The minimum atomic E-state index is -0.197. The maximum Gasteiger partial charge on any atom is 0.259 e. The van der Waals surface area contributed by atoms with Crippen LogP contribution in [0.2, 0.25) is 0 Å². The summed E-state index contributed by atoms with van der Waals surface area (Å²) in [6.07, 6.45) is 2.98. The molecule has 0 saturated carbocycles. The lowest BCUT2D eigenvalue weighted by Gasteiger charge is -2.25. The van der Waals surface area contributed by atoms with Crippen LogP contribution >= 0.6 is 0 Å². The molecular formula is C19H27NO. The molecule has 21 heavy (non-hydrogen) atoms. The SMILES string of the molecule is CCC(c1cccc2ccn(C(C)(C)C)c(=O)c12)C(C)C. The Hall–Kier alpha value is -1.57. The molecule has 0 radical (unpaired) electrons. The Labute approximate surface area is 127 Å². The predicted octanol–water partition coefficient (Wildman–Crippen LogP) is 4.91. The van der Waals surface area contributed by atoms with Gasteiger partial charge in [-0.05, 0) is 56.0 Å². The van der Waals surface area contributed by atoms with Crippen LogP contribution in [0.4, 0.5) is 0 Å². The molecule has 1 heterocycles. The molecule has 0 N–H and O–H groups in total. The molecule has 1 aromatic carbocycles. The number of hydrogen-bond donors (Lipinski definition) is 0. The molecule has 0 bridgehead atoms. The van der Waals surface area contributed by atoms with Gasteiger partial charge < -0.3 is 4.57 Å². The summed E-state index contributed by atoms with van der Waals surface area (Å²) in [5.74, 6) is 0.959. The number of hydrogen-bond acceptors (Lipinski definition) is 1. The molecule has 0 fully saturated rings. The summed E-state index contributed by atoms with van der Waals surface area (Å²) in [4.78, 5) is 13.0. The molecule has 2 heteroatoms. The molecule has 1 atom stereocenters. The lowest BCUT2D eigenvalue weighted by atomic mass is 9.84. The molecule has 2 aromatic rings. The summed E-state index contributed by atoms with van der Waals surface area (Å²) in [6, 6.07) is 8.31. The highest BCUT2D eigenvalue weighted by Crippen LogP contribution is 2.31. The molecule has 0 aliphatic rings. The van der Waals surface area contributed by atoms with Gasteiger partial charge in [-0.2, -0.15) is 0 Å². The first-order valence-corrected chi connectivity index (χ1v) is 7.92. The van der Waals surface area contributed by atoms with Gasteiger partial charge >= 0.3 is 0 Å². The van der Waals surface area contributed by atoms with Gasteiger partial charge in [-0.15, -0.1) is 0 Å². The van der Waals surface area contributed by atoms with Crippen molar-refractivity contribution in [1.29, 1.82) is 0 Å². The highest BCUT2D eigenvalue weighted by atomic mass is 16.1.